The molecule has 2 aromatic rings. The number of aliphatic hydroxyl groups excluding tert-OH is 1. The maximum atomic E-state index is 12.8. The topological polar surface area (TPSA) is 49.3 Å². The molecule has 0 aliphatic carbocycles. The molecule has 3 nitrogen and oxygen atoms in total. The van der Waals surface area contributed by atoms with Gasteiger partial charge in [-0.05, 0) is 30.2 Å². The zero-order chi connectivity index (χ0) is 14.4. The Balaban J connectivity index is 1.91. The molecule has 104 valence electrons. The van der Waals surface area contributed by atoms with Crippen molar-refractivity contribution in [1.82, 2.24) is 0 Å². The lowest BCUT2D eigenvalue weighted by Crippen LogP contribution is -2.13. The molecule has 0 fully saturated rings. The van der Waals surface area contributed by atoms with Gasteiger partial charge in [0, 0.05) is 17.7 Å². The zero-order valence-corrected chi connectivity index (χ0v) is 11.0. The molecule has 20 heavy (non-hydrogen) atoms. The van der Waals surface area contributed by atoms with Gasteiger partial charge in [0.05, 0.1) is 6.61 Å². The smallest absolute Gasteiger partial charge is 0.224 e. The second-order valence-electron chi connectivity index (χ2n) is 4.49. The van der Waals surface area contributed by atoms with E-state index in [1.54, 1.807) is 36.4 Å². The van der Waals surface area contributed by atoms with Crippen LogP contribution in [0.1, 0.15) is 17.5 Å². The van der Waals surface area contributed by atoms with Crippen LogP contribution in [0.3, 0.4) is 0 Å². The molecule has 0 radical (unpaired) electrons. The minimum atomic E-state index is -0.282. The van der Waals surface area contributed by atoms with Crippen LogP contribution in [0.4, 0.5) is 10.1 Å². The molecule has 0 saturated carbocycles. The van der Waals surface area contributed by atoms with E-state index < -0.39 is 0 Å². The second kappa shape index (κ2) is 6.82. The summed E-state index contributed by atoms with van der Waals surface area (Å²) >= 11 is 0. The fourth-order valence-corrected chi connectivity index (χ4v) is 1.90. The molecule has 0 unspecified atom stereocenters. The van der Waals surface area contributed by atoms with E-state index in [1.807, 2.05) is 0 Å². The number of hydrogen-bond donors (Lipinski definition) is 2. The van der Waals surface area contributed by atoms with Crippen molar-refractivity contribution in [1.29, 1.82) is 0 Å². The SMILES string of the molecule is O=C(CCc1ccc(F)cc1)Nc1ccccc1CO. The van der Waals surface area contributed by atoms with Crippen molar-refractivity contribution in [2.45, 2.75) is 19.4 Å². The summed E-state index contributed by atoms with van der Waals surface area (Å²) in [6.45, 7) is -0.117. The molecule has 0 aliphatic rings. The predicted molar refractivity (Wildman–Crippen MR) is 75.7 cm³/mol. The molecule has 4 heteroatoms. The molecule has 2 N–H and O–H groups in total. The maximum absolute atomic E-state index is 12.8. The highest BCUT2D eigenvalue weighted by molar-refractivity contribution is 5.91. The number of benzene rings is 2. The van der Waals surface area contributed by atoms with Crippen molar-refractivity contribution < 1.29 is 14.3 Å². The fourth-order valence-electron chi connectivity index (χ4n) is 1.90. The minimum absolute atomic E-state index is 0.117. The Kier molecular flexibility index (Phi) is 4.85. The van der Waals surface area contributed by atoms with Gasteiger partial charge in [0.25, 0.3) is 0 Å². The van der Waals surface area contributed by atoms with Crippen LogP contribution in [-0.2, 0) is 17.8 Å². The van der Waals surface area contributed by atoms with Crippen LogP contribution in [0, 0.1) is 5.82 Å². The van der Waals surface area contributed by atoms with E-state index in [0.717, 1.165) is 5.56 Å². The summed E-state index contributed by atoms with van der Waals surface area (Å²) in [4.78, 5) is 11.9. The van der Waals surface area contributed by atoms with Gasteiger partial charge in [0.2, 0.25) is 5.91 Å². The third-order valence-corrected chi connectivity index (χ3v) is 3.02. The van der Waals surface area contributed by atoms with Gasteiger partial charge < -0.3 is 10.4 Å². The van der Waals surface area contributed by atoms with Crippen molar-refractivity contribution in [3.63, 3.8) is 0 Å². The van der Waals surface area contributed by atoms with Crippen molar-refractivity contribution >= 4 is 11.6 Å². The van der Waals surface area contributed by atoms with Gasteiger partial charge in [-0.25, -0.2) is 4.39 Å². The maximum Gasteiger partial charge on any atom is 0.224 e. The molecule has 0 bridgehead atoms. The molecule has 0 saturated heterocycles. The number of amides is 1. The first-order valence-corrected chi connectivity index (χ1v) is 6.42. The van der Waals surface area contributed by atoms with E-state index in [9.17, 15) is 14.3 Å². The van der Waals surface area contributed by atoms with Crippen molar-refractivity contribution in [3.05, 3.63) is 65.5 Å². The third kappa shape index (κ3) is 3.90. The number of rotatable bonds is 5. The lowest BCUT2D eigenvalue weighted by Gasteiger charge is -2.09. The number of aliphatic hydroxyl groups is 1. The van der Waals surface area contributed by atoms with Gasteiger partial charge in [-0.1, -0.05) is 30.3 Å². The number of nitrogens with one attached hydrogen (secondary N) is 1. The number of hydrogen-bond acceptors (Lipinski definition) is 2. The Hall–Kier alpha value is -2.20. The van der Waals surface area contributed by atoms with E-state index in [2.05, 4.69) is 5.32 Å². The summed E-state index contributed by atoms with van der Waals surface area (Å²) in [6.07, 6.45) is 0.860. The van der Waals surface area contributed by atoms with Crippen LogP contribution in [-0.4, -0.2) is 11.0 Å². The largest absolute Gasteiger partial charge is 0.392 e. The normalized spacial score (nSPS) is 10.3. The standard InChI is InChI=1S/C16H16FNO2/c17-14-8-5-12(6-9-14)7-10-16(20)18-15-4-2-1-3-13(15)11-19/h1-6,8-9,19H,7,10-11H2,(H,18,20). The summed E-state index contributed by atoms with van der Waals surface area (Å²) in [7, 11) is 0. The van der Waals surface area contributed by atoms with Crippen LogP contribution in [0.15, 0.2) is 48.5 Å². The first-order valence-electron chi connectivity index (χ1n) is 6.42. The van der Waals surface area contributed by atoms with E-state index in [-0.39, 0.29) is 18.3 Å². The van der Waals surface area contributed by atoms with Crippen molar-refractivity contribution in [2.75, 3.05) is 5.32 Å². The molecule has 0 heterocycles. The number of anilines is 1. The lowest BCUT2D eigenvalue weighted by atomic mass is 10.1. The average molecular weight is 273 g/mol. The Bertz CT molecular complexity index is 581. The highest BCUT2D eigenvalue weighted by Gasteiger charge is 2.06. The van der Waals surface area contributed by atoms with Crippen molar-refractivity contribution in [3.8, 4) is 0 Å². The zero-order valence-electron chi connectivity index (χ0n) is 11.0. The van der Waals surface area contributed by atoms with Gasteiger partial charge >= 0.3 is 0 Å². The van der Waals surface area contributed by atoms with E-state index in [0.29, 0.717) is 24.1 Å². The van der Waals surface area contributed by atoms with Gasteiger partial charge in [0.15, 0.2) is 0 Å². The molecular formula is C16H16FNO2. The lowest BCUT2D eigenvalue weighted by molar-refractivity contribution is -0.116. The molecule has 0 aliphatic heterocycles. The van der Waals surface area contributed by atoms with Crippen LogP contribution < -0.4 is 5.32 Å². The molecule has 0 aromatic heterocycles. The fraction of sp³-hybridized carbons (Fsp3) is 0.188. The Morgan fingerprint density at radius 3 is 2.50 bits per heavy atom. The van der Waals surface area contributed by atoms with Gasteiger partial charge in [-0.15, -0.1) is 0 Å². The first-order chi connectivity index (χ1) is 9.69. The molecule has 2 rings (SSSR count). The van der Waals surface area contributed by atoms with E-state index in [4.69, 9.17) is 0 Å². The van der Waals surface area contributed by atoms with Crippen LogP contribution >= 0.6 is 0 Å². The highest BCUT2D eigenvalue weighted by Crippen LogP contribution is 2.15. The van der Waals surface area contributed by atoms with Gasteiger partial charge in [-0.2, -0.15) is 0 Å². The van der Waals surface area contributed by atoms with Crippen molar-refractivity contribution in [2.24, 2.45) is 0 Å². The Morgan fingerprint density at radius 1 is 1.10 bits per heavy atom. The number of carbonyl (C=O) groups is 1. The molecule has 1 amide bonds. The van der Waals surface area contributed by atoms with Crippen LogP contribution in [0.2, 0.25) is 0 Å². The second-order valence-corrected chi connectivity index (χ2v) is 4.49. The molecule has 2 aromatic carbocycles. The predicted octanol–water partition coefficient (Wildman–Crippen LogP) is 2.89. The number of halogens is 1. The van der Waals surface area contributed by atoms with E-state index >= 15 is 0 Å². The van der Waals surface area contributed by atoms with Crippen LogP contribution in [0.5, 0.6) is 0 Å². The number of para-hydroxylation sites is 1. The summed E-state index contributed by atoms with van der Waals surface area (Å²) < 4.78 is 12.8. The summed E-state index contributed by atoms with van der Waals surface area (Å²) in [6, 6.07) is 13.2. The third-order valence-electron chi connectivity index (χ3n) is 3.02. The molecule has 0 atom stereocenters. The van der Waals surface area contributed by atoms with Crippen LogP contribution in [0.25, 0.3) is 0 Å². The molecule has 0 spiro atoms. The Morgan fingerprint density at radius 2 is 1.80 bits per heavy atom. The monoisotopic (exact) mass is 273 g/mol. The average Bonchev–Trinajstić information content (AvgIpc) is 2.47. The molecular weight excluding hydrogens is 257 g/mol. The van der Waals surface area contributed by atoms with Gasteiger partial charge in [0.1, 0.15) is 5.82 Å². The number of carbonyl (C=O) groups excluding carboxylic acids is 1. The highest BCUT2D eigenvalue weighted by atomic mass is 19.1. The quantitative estimate of drug-likeness (QED) is 0.880. The summed E-state index contributed by atoms with van der Waals surface area (Å²) in [5.41, 5.74) is 2.22. The van der Waals surface area contributed by atoms with E-state index in [1.165, 1.54) is 12.1 Å². The first kappa shape index (κ1) is 14.2. The number of aryl methyl sites for hydroxylation is 1. The summed E-state index contributed by atoms with van der Waals surface area (Å²) in [5, 5.41) is 11.9. The van der Waals surface area contributed by atoms with Gasteiger partial charge in [-0.3, -0.25) is 4.79 Å². The Labute approximate surface area is 117 Å². The minimum Gasteiger partial charge on any atom is -0.392 e. The summed E-state index contributed by atoms with van der Waals surface area (Å²) in [5.74, 6) is -0.412.